The minimum atomic E-state index is -4.55. The molecule has 0 fully saturated rings. The SMILES string of the molecule is CCOC1OC(=O)c2ccccc2N1c1ccccc1C(F)(F)F. The van der Waals surface area contributed by atoms with Gasteiger partial charge in [0.15, 0.2) is 0 Å². The number of alkyl halides is 3. The number of nitrogens with zero attached hydrogens (tertiary/aromatic N) is 1. The van der Waals surface area contributed by atoms with Gasteiger partial charge in [0.05, 0.1) is 22.5 Å². The van der Waals surface area contributed by atoms with E-state index < -0.39 is 24.1 Å². The smallest absolute Gasteiger partial charge is 0.412 e. The number of fused-ring (bicyclic) bond motifs is 1. The molecular formula is C17H14F3NO3. The molecule has 24 heavy (non-hydrogen) atoms. The van der Waals surface area contributed by atoms with Gasteiger partial charge >= 0.3 is 12.1 Å². The Morgan fingerprint density at radius 1 is 1.08 bits per heavy atom. The van der Waals surface area contributed by atoms with Crippen LogP contribution in [0.3, 0.4) is 0 Å². The van der Waals surface area contributed by atoms with E-state index in [4.69, 9.17) is 9.47 Å². The third-order valence-electron chi connectivity index (χ3n) is 3.58. The van der Waals surface area contributed by atoms with Crippen molar-refractivity contribution >= 4 is 17.3 Å². The van der Waals surface area contributed by atoms with E-state index in [1.807, 2.05) is 0 Å². The highest BCUT2D eigenvalue weighted by molar-refractivity contribution is 5.99. The van der Waals surface area contributed by atoms with Gasteiger partial charge < -0.3 is 9.47 Å². The molecule has 0 radical (unpaired) electrons. The van der Waals surface area contributed by atoms with Gasteiger partial charge in [-0.05, 0) is 31.2 Å². The third-order valence-corrected chi connectivity index (χ3v) is 3.58. The molecule has 0 saturated heterocycles. The first-order valence-electron chi connectivity index (χ1n) is 7.30. The van der Waals surface area contributed by atoms with E-state index in [2.05, 4.69) is 0 Å². The van der Waals surface area contributed by atoms with Crippen molar-refractivity contribution in [2.45, 2.75) is 19.5 Å². The summed E-state index contributed by atoms with van der Waals surface area (Å²) in [5.41, 5.74) is -0.472. The van der Waals surface area contributed by atoms with Gasteiger partial charge in [0.1, 0.15) is 0 Å². The van der Waals surface area contributed by atoms with Crippen LogP contribution in [0.4, 0.5) is 24.5 Å². The van der Waals surface area contributed by atoms with Crippen LogP contribution in [0.15, 0.2) is 48.5 Å². The van der Waals surface area contributed by atoms with Crippen LogP contribution in [0.25, 0.3) is 0 Å². The maximum Gasteiger partial charge on any atom is 0.418 e. The van der Waals surface area contributed by atoms with Gasteiger partial charge in [0.2, 0.25) is 0 Å². The summed E-state index contributed by atoms with van der Waals surface area (Å²) < 4.78 is 50.7. The lowest BCUT2D eigenvalue weighted by molar-refractivity contribution is -0.138. The number of anilines is 2. The fourth-order valence-corrected chi connectivity index (χ4v) is 2.60. The second-order valence-corrected chi connectivity index (χ2v) is 5.07. The first kappa shape index (κ1) is 16.3. The van der Waals surface area contributed by atoms with Crippen LogP contribution in [0.2, 0.25) is 0 Å². The summed E-state index contributed by atoms with van der Waals surface area (Å²) in [6.07, 6.45) is -5.81. The number of esters is 1. The van der Waals surface area contributed by atoms with Crippen molar-refractivity contribution in [2.75, 3.05) is 11.5 Å². The predicted octanol–water partition coefficient (Wildman–Crippen LogP) is 4.33. The number of cyclic esters (lactones) is 1. The molecular weight excluding hydrogens is 323 g/mol. The van der Waals surface area contributed by atoms with Crippen LogP contribution in [0.5, 0.6) is 0 Å². The number of ether oxygens (including phenoxy) is 2. The van der Waals surface area contributed by atoms with Crippen LogP contribution in [-0.4, -0.2) is 19.0 Å². The van der Waals surface area contributed by atoms with Crippen LogP contribution in [0, 0.1) is 0 Å². The molecule has 0 saturated carbocycles. The summed E-state index contributed by atoms with van der Waals surface area (Å²) in [4.78, 5) is 13.3. The van der Waals surface area contributed by atoms with E-state index in [-0.39, 0.29) is 17.9 Å². The number of carbonyl (C=O) groups excluding carboxylic acids is 1. The number of hydrogen-bond acceptors (Lipinski definition) is 4. The van der Waals surface area contributed by atoms with Crippen molar-refractivity contribution < 1.29 is 27.4 Å². The van der Waals surface area contributed by atoms with Gasteiger partial charge in [-0.1, -0.05) is 24.3 Å². The lowest BCUT2D eigenvalue weighted by atomic mass is 10.1. The topological polar surface area (TPSA) is 38.8 Å². The predicted molar refractivity (Wildman–Crippen MR) is 80.9 cm³/mol. The Morgan fingerprint density at radius 3 is 2.38 bits per heavy atom. The van der Waals surface area contributed by atoms with Crippen molar-refractivity contribution in [2.24, 2.45) is 0 Å². The summed E-state index contributed by atoms with van der Waals surface area (Å²) in [5.74, 6) is -0.634. The zero-order valence-corrected chi connectivity index (χ0v) is 12.7. The Kier molecular flexibility index (Phi) is 4.19. The van der Waals surface area contributed by atoms with Gasteiger partial charge in [0.25, 0.3) is 6.41 Å². The van der Waals surface area contributed by atoms with E-state index in [1.54, 1.807) is 25.1 Å². The summed E-state index contributed by atoms with van der Waals surface area (Å²) >= 11 is 0. The van der Waals surface area contributed by atoms with Crippen LogP contribution >= 0.6 is 0 Å². The minimum absolute atomic E-state index is 0.136. The van der Waals surface area contributed by atoms with Crippen molar-refractivity contribution in [3.05, 3.63) is 59.7 Å². The summed E-state index contributed by atoms with van der Waals surface area (Å²) in [6.45, 7) is 1.84. The highest BCUT2D eigenvalue weighted by atomic mass is 19.4. The van der Waals surface area contributed by atoms with Gasteiger partial charge in [-0.15, -0.1) is 0 Å². The van der Waals surface area contributed by atoms with E-state index in [0.29, 0.717) is 5.69 Å². The zero-order valence-electron chi connectivity index (χ0n) is 12.7. The zero-order chi connectivity index (χ0) is 17.3. The number of rotatable bonds is 3. The van der Waals surface area contributed by atoms with Crippen LogP contribution in [0.1, 0.15) is 22.8 Å². The summed E-state index contributed by atoms with van der Waals surface area (Å²) in [6, 6.07) is 11.4. The molecule has 2 aromatic rings. The summed E-state index contributed by atoms with van der Waals surface area (Å²) in [5, 5.41) is 0. The first-order chi connectivity index (χ1) is 11.4. The number of hydrogen-bond donors (Lipinski definition) is 0. The second kappa shape index (κ2) is 6.16. The normalized spacial score (nSPS) is 17.4. The molecule has 2 aromatic carbocycles. The molecule has 0 N–H and O–H groups in total. The fraction of sp³-hybridized carbons (Fsp3) is 0.235. The number of para-hydroxylation sites is 2. The standard InChI is InChI=1S/C17H14F3NO3/c1-2-23-16-21(13-9-5-3-7-11(13)15(22)24-16)14-10-6-4-8-12(14)17(18,19)20/h3-10,16H,2H2,1H3. The molecule has 0 aliphatic carbocycles. The lowest BCUT2D eigenvalue weighted by Gasteiger charge is -2.37. The maximum atomic E-state index is 13.4. The molecule has 4 nitrogen and oxygen atoms in total. The van der Waals surface area contributed by atoms with Crippen molar-refractivity contribution in [1.29, 1.82) is 0 Å². The summed E-state index contributed by atoms with van der Waals surface area (Å²) in [7, 11) is 0. The molecule has 0 aromatic heterocycles. The molecule has 3 rings (SSSR count). The molecule has 1 unspecified atom stereocenters. The largest absolute Gasteiger partial charge is 0.418 e. The van der Waals surface area contributed by atoms with Crippen molar-refractivity contribution in [3.63, 3.8) is 0 Å². The highest BCUT2D eigenvalue weighted by Gasteiger charge is 2.40. The number of carbonyl (C=O) groups is 1. The Bertz CT molecular complexity index is 761. The minimum Gasteiger partial charge on any atom is -0.412 e. The molecule has 0 bridgehead atoms. The van der Waals surface area contributed by atoms with Crippen molar-refractivity contribution in [3.8, 4) is 0 Å². The van der Waals surface area contributed by atoms with Gasteiger partial charge in [0, 0.05) is 6.61 Å². The quantitative estimate of drug-likeness (QED) is 0.781. The van der Waals surface area contributed by atoms with Crippen LogP contribution in [-0.2, 0) is 15.7 Å². The average Bonchev–Trinajstić information content (AvgIpc) is 2.55. The molecule has 1 aliphatic rings. The van der Waals surface area contributed by atoms with Gasteiger partial charge in [-0.2, -0.15) is 13.2 Å². The lowest BCUT2D eigenvalue weighted by Crippen LogP contribution is -2.43. The third kappa shape index (κ3) is 2.82. The molecule has 0 spiro atoms. The monoisotopic (exact) mass is 337 g/mol. The molecule has 1 heterocycles. The molecule has 1 aliphatic heterocycles. The van der Waals surface area contributed by atoms with E-state index in [1.165, 1.54) is 29.2 Å². The Morgan fingerprint density at radius 2 is 1.71 bits per heavy atom. The Hall–Kier alpha value is -2.54. The maximum absolute atomic E-state index is 13.4. The van der Waals surface area contributed by atoms with E-state index >= 15 is 0 Å². The van der Waals surface area contributed by atoms with E-state index in [9.17, 15) is 18.0 Å². The average molecular weight is 337 g/mol. The van der Waals surface area contributed by atoms with Crippen LogP contribution < -0.4 is 4.90 Å². The molecule has 7 heteroatoms. The fourth-order valence-electron chi connectivity index (χ4n) is 2.60. The van der Waals surface area contributed by atoms with Gasteiger partial charge in [-0.3, -0.25) is 4.90 Å². The van der Waals surface area contributed by atoms with Gasteiger partial charge in [-0.25, -0.2) is 4.79 Å². The second-order valence-electron chi connectivity index (χ2n) is 5.07. The van der Waals surface area contributed by atoms with Crippen molar-refractivity contribution in [1.82, 2.24) is 0 Å². The number of halogens is 3. The first-order valence-corrected chi connectivity index (χ1v) is 7.30. The highest BCUT2D eigenvalue weighted by Crippen LogP contribution is 2.42. The Balaban J connectivity index is 2.20. The molecule has 0 amide bonds. The molecule has 126 valence electrons. The molecule has 1 atom stereocenters. The Labute approximate surface area is 136 Å². The number of benzene rings is 2. The van der Waals surface area contributed by atoms with E-state index in [0.717, 1.165) is 6.07 Å².